The van der Waals surface area contributed by atoms with Crippen LogP contribution in [0.5, 0.6) is 0 Å². The van der Waals surface area contributed by atoms with Gasteiger partial charge in [-0.05, 0) is 39.7 Å². The Labute approximate surface area is 128 Å². The van der Waals surface area contributed by atoms with Crippen LogP contribution in [0, 0.1) is 0 Å². The Kier molecular flexibility index (Phi) is 4.54. The van der Waals surface area contributed by atoms with E-state index in [-0.39, 0.29) is 17.0 Å². The molecule has 0 spiro atoms. The zero-order chi connectivity index (χ0) is 15.7. The Morgan fingerprint density at radius 2 is 1.62 bits per heavy atom. The number of ether oxygens (including phenoxy) is 1. The molecule has 3 heteroatoms. The van der Waals surface area contributed by atoms with Crippen LogP contribution in [-0.2, 0) is 11.2 Å². The van der Waals surface area contributed by atoms with Gasteiger partial charge in [0.25, 0.3) is 0 Å². The fourth-order valence-electron chi connectivity index (χ4n) is 3.28. The molecule has 0 aliphatic carbocycles. The van der Waals surface area contributed by atoms with Crippen LogP contribution in [0.3, 0.4) is 0 Å². The molecule has 0 bridgehead atoms. The van der Waals surface area contributed by atoms with Crippen molar-refractivity contribution in [3.63, 3.8) is 0 Å². The van der Waals surface area contributed by atoms with Crippen LogP contribution in [0.15, 0.2) is 24.3 Å². The average Bonchev–Trinajstić information content (AvgIpc) is 2.35. The van der Waals surface area contributed by atoms with E-state index >= 15 is 0 Å². The van der Waals surface area contributed by atoms with E-state index in [1.807, 2.05) is 24.3 Å². The second-order valence-electron chi connectivity index (χ2n) is 7.24. The van der Waals surface area contributed by atoms with Crippen molar-refractivity contribution < 1.29 is 9.53 Å². The number of carbonyl (C=O) groups excluding carboxylic acids is 1. The number of carbonyl (C=O) groups is 1. The zero-order valence-corrected chi connectivity index (χ0v) is 13.9. The molecule has 116 valence electrons. The van der Waals surface area contributed by atoms with Crippen molar-refractivity contribution in [1.82, 2.24) is 4.90 Å². The molecule has 1 aliphatic rings. The number of rotatable bonds is 4. The number of Topliss-reactive ketones (excluding diaryl/α,β-unsaturated/α-hetero) is 1. The smallest absolute Gasteiger partial charge is 0.176 e. The summed E-state index contributed by atoms with van der Waals surface area (Å²) < 4.78 is 6.06. The third-order valence-corrected chi connectivity index (χ3v) is 3.81. The Balaban J connectivity index is 2.04. The number of benzene rings is 1. The second-order valence-corrected chi connectivity index (χ2v) is 7.24. The van der Waals surface area contributed by atoms with Crippen molar-refractivity contribution in [2.75, 3.05) is 19.6 Å². The van der Waals surface area contributed by atoms with Crippen molar-refractivity contribution in [1.29, 1.82) is 0 Å². The number of hydrogen-bond acceptors (Lipinski definition) is 3. The zero-order valence-electron chi connectivity index (χ0n) is 13.9. The SMILES string of the molecule is CCc1ccc(C(=O)CN2CC(C)(C)OC(C)(C)C2)cc1. The van der Waals surface area contributed by atoms with Gasteiger partial charge < -0.3 is 4.74 Å². The highest BCUT2D eigenvalue weighted by atomic mass is 16.5. The molecule has 0 amide bonds. The molecule has 1 saturated heterocycles. The van der Waals surface area contributed by atoms with Crippen molar-refractivity contribution >= 4 is 5.78 Å². The van der Waals surface area contributed by atoms with Crippen LogP contribution in [0.4, 0.5) is 0 Å². The minimum Gasteiger partial charge on any atom is -0.367 e. The number of aryl methyl sites for hydroxylation is 1. The molecule has 0 atom stereocenters. The molecule has 1 heterocycles. The first-order chi connectivity index (χ1) is 9.71. The average molecular weight is 289 g/mol. The Bertz CT molecular complexity index is 486. The summed E-state index contributed by atoms with van der Waals surface area (Å²) in [7, 11) is 0. The van der Waals surface area contributed by atoms with E-state index in [0.29, 0.717) is 6.54 Å². The molecule has 0 radical (unpaired) electrons. The first kappa shape index (κ1) is 16.2. The van der Waals surface area contributed by atoms with Crippen LogP contribution >= 0.6 is 0 Å². The molecular weight excluding hydrogens is 262 g/mol. The highest BCUT2D eigenvalue weighted by Gasteiger charge is 2.38. The maximum absolute atomic E-state index is 12.5. The van der Waals surface area contributed by atoms with Crippen LogP contribution < -0.4 is 0 Å². The lowest BCUT2D eigenvalue weighted by molar-refractivity contribution is -0.178. The normalized spacial score (nSPS) is 21.2. The lowest BCUT2D eigenvalue weighted by Crippen LogP contribution is -2.58. The van der Waals surface area contributed by atoms with E-state index in [4.69, 9.17) is 4.74 Å². The molecule has 21 heavy (non-hydrogen) atoms. The van der Waals surface area contributed by atoms with Gasteiger partial charge in [0.05, 0.1) is 17.7 Å². The van der Waals surface area contributed by atoms with Gasteiger partial charge in [0, 0.05) is 18.7 Å². The second kappa shape index (κ2) is 5.90. The van der Waals surface area contributed by atoms with Crippen molar-refractivity contribution in [2.24, 2.45) is 0 Å². The molecule has 0 unspecified atom stereocenters. The standard InChI is InChI=1S/C18H27NO2/c1-6-14-7-9-15(10-8-14)16(20)11-19-12-17(2,3)21-18(4,5)13-19/h7-10H,6,11-13H2,1-5H3. The van der Waals surface area contributed by atoms with Gasteiger partial charge in [0.15, 0.2) is 5.78 Å². The summed E-state index contributed by atoms with van der Waals surface area (Å²) in [6.45, 7) is 12.5. The molecular formula is C18H27NO2. The van der Waals surface area contributed by atoms with E-state index in [9.17, 15) is 4.79 Å². The van der Waals surface area contributed by atoms with E-state index in [0.717, 1.165) is 25.1 Å². The number of nitrogens with zero attached hydrogens (tertiary/aromatic N) is 1. The largest absolute Gasteiger partial charge is 0.367 e. The number of ketones is 1. The van der Waals surface area contributed by atoms with E-state index in [2.05, 4.69) is 39.5 Å². The Morgan fingerprint density at radius 1 is 1.10 bits per heavy atom. The maximum atomic E-state index is 12.5. The van der Waals surface area contributed by atoms with Gasteiger partial charge in [-0.3, -0.25) is 9.69 Å². The third kappa shape index (κ3) is 4.39. The maximum Gasteiger partial charge on any atom is 0.176 e. The van der Waals surface area contributed by atoms with Crippen molar-refractivity contribution in [3.05, 3.63) is 35.4 Å². The van der Waals surface area contributed by atoms with Gasteiger partial charge in [0.2, 0.25) is 0 Å². The summed E-state index contributed by atoms with van der Waals surface area (Å²) in [5.41, 5.74) is 1.64. The van der Waals surface area contributed by atoms with Crippen LogP contribution in [0.1, 0.15) is 50.5 Å². The molecule has 2 rings (SSSR count). The fraction of sp³-hybridized carbons (Fsp3) is 0.611. The summed E-state index contributed by atoms with van der Waals surface area (Å²) in [4.78, 5) is 14.7. The Morgan fingerprint density at radius 3 is 2.10 bits per heavy atom. The quantitative estimate of drug-likeness (QED) is 0.796. The molecule has 1 aliphatic heterocycles. The van der Waals surface area contributed by atoms with Gasteiger partial charge in [-0.2, -0.15) is 0 Å². The van der Waals surface area contributed by atoms with Gasteiger partial charge in [-0.1, -0.05) is 31.2 Å². The Hall–Kier alpha value is -1.19. The highest BCUT2D eigenvalue weighted by molar-refractivity contribution is 5.97. The number of morpholine rings is 1. The summed E-state index contributed by atoms with van der Waals surface area (Å²) in [5, 5.41) is 0. The lowest BCUT2D eigenvalue weighted by Gasteiger charge is -2.47. The van der Waals surface area contributed by atoms with Crippen molar-refractivity contribution in [2.45, 2.75) is 52.2 Å². The molecule has 0 N–H and O–H groups in total. The fourth-order valence-corrected chi connectivity index (χ4v) is 3.28. The molecule has 1 aromatic rings. The topological polar surface area (TPSA) is 29.5 Å². The summed E-state index contributed by atoms with van der Waals surface area (Å²) in [5.74, 6) is 0.186. The molecule has 0 saturated carbocycles. The number of hydrogen-bond donors (Lipinski definition) is 0. The first-order valence-electron chi connectivity index (χ1n) is 7.75. The van der Waals surface area contributed by atoms with Crippen LogP contribution in [0.2, 0.25) is 0 Å². The minimum atomic E-state index is -0.214. The van der Waals surface area contributed by atoms with E-state index < -0.39 is 0 Å². The van der Waals surface area contributed by atoms with Crippen molar-refractivity contribution in [3.8, 4) is 0 Å². The van der Waals surface area contributed by atoms with Gasteiger partial charge in [-0.15, -0.1) is 0 Å². The monoisotopic (exact) mass is 289 g/mol. The summed E-state index contributed by atoms with van der Waals surface area (Å²) >= 11 is 0. The first-order valence-corrected chi connectivity index (χ1v) is 7.75. The van der Waals surface area contributed by atoms with Gasteiger partial charge in [-0.25, -0.2) is 0 Å². The van der Waals surface area contributed by atoms with Gasteiger partial charge >= 0.3 is 0 Å². The molecule has 1 fully saturated rings. The van der Waals surface area contributed by atoms with Crippen LogP contribution in [0.25, 0.3) is 0 Å². The molecule has 1 aromatic carbocycles. The molecule has 3 nitrogen and oxygen atoms in total. The van der Waals surface area contributed by atoms with Crippen LogP contribution in [-0.4, -0.2) is 41.5 Å². The van der Waals surface area contributed by atoms with E-state index in [1.54, 1.807) is 0 Å². The predicted octanol–water partition coefficient (Wildman–Crippen LogP) is 3.32. The third-order valence-electron chi connectivity index (χ3n) is 3.81. The minimum absolute atomic E-state index is 0.186. The summed E-state index contributed by atoms with van der Waals surface area (Å²) in [6, 6.07) is 7.97. The van der Waals surface area contributed by atoms with Gasteiger partial charge in [0.1, 0.15) is 0 Å². The summed E-state index contributed by atoms with van der Waals surface area (Å²) in [6.07, 6.45) is 1.00. The highest BCUT2D eigenvalue weighted by Crippen LogP contribution is 2.28. The molecule has 0 aromatic heterocycles. The lowest BCUT2D eigenvalue weighted by atomic mass is 9.98. The van der Waals surface area contributed by atoms with E-state index in [1.165, 1.54) is 5.56 Å². The predicted molar refractivity (Wildman–Crippen MR) is 85.8 cm³/mol.